The fourth-order valence-corrected chi connectivity index (χ4v) is 4.09. The van der Waals surface area contributed by atoms with Crippen molar-refractivity contribution in [1.82, 2.24) is 19.8 Å². The Balaban J connectivity index is 1.52. The highest BCUT2D eigenvalue weighted by Gasteiger charge is 2.26. The highest BCUT2D eigenvalue weighted by atomic mass is 16.5. The molecule has 30 heavy (non-hydrogen) atoms. The maximum atomic E-state index is 13.1. The van der Waals surface area contributed by atoms with Crippen molar-refractivity contribution in [2.45, 2.75) is 26.8 Å². The molecule has 1 aliphatic heterocycles. The highest BCUT2D eigenvalue weighted by molar-refractivity contribution is 5.96. The van der Waals surface area contributed by atoms with E-state index in [1.165, 1.54) is 0 Å². The predicted octanol–water partition coefficient (Wildman–Crippen LogP) is 3.19. The van der Waals surface area contributed by atoms with Crippen molar-refractivity contribution in [2.24, 2.45) is 0 Å². The van der Waals surface area contributed by atoms with Gasteiger partial charge in [0.2, 0.25) is 0 Å². The average Bonchev–Trinajstić information content (AvgIpc) is 3.32. The Morgan fingerprint density at radius 2 is 2.00 bits per heavy atom. The van der Waals surface area contributed by atoms with Crippen molar-refractivity contribution in [1.29, 1.82) is 0 Å². The third-order valence-electron chi connectivity index (χ3n) is 5.61. The number of pyridine rings is 1. The van der Waals surface area contributed by atoms with Gasteiger partial charge in [0.25, 0.3) is 5.91 Å². The number of carbonyl (C=O) groups excluding carboxylic acids is 1. The first-order valence-electron chi connectivity index (χ1n) is 10.3. The lowest BCUT2D eigenvalue weighted by Gasteiger charge is -2.33. The molecule has 0 saturated carbocycles. The van der Waals surface area contributed by atoms with Crippen LogP contribution in [0.5, 0.6) is 0 Å². The Hall–Kier alpha value is -2.90. The Labute approximate surface area is 176 Å². The summed E-state index contributed by atoms with van der Waals surface area (Å²) in [5.41, 5.74) is 3.52. The molecule has 4 heterocycles. The lowest BCUT2D eigenvalue weighted by molar-refractivity contribution is 0.0117. The van der Waals surface area contributed by atoms with Gasteiger partial charge in [0, 0.05) is 37.2 Å². The van der Waals surface area contributed by atoms with Crippen molar-refractivity contribution < 1.29 is 13.9 Å². The van der Waals surface area contributed by atoms with E-state index in [-0.39, 0.29) is 11.9 Å². The summed E-state index contributed by atoms with van der Waals surface area (Å²) in [5, 5.41) is 3.13. The standard InChI is InChI=1S/C23H28N4O3/c1-16-13-20(18(3)27(16)19-5-4-8-24-14-19)23(28)25-15-21(22-7-6-17(2)30-22)26-9-11-29-12-10-26/h4-8,13-14,21H,9-12,15H2,1-3H3,(H,25,28). The Kier molecular flexibility index (Phi) is 6.01. The number of amides is 1. The molecule has 3 aromatic heterocycles. The largest absolute Gasteiger partial charge is 0.465 e. The number of nitrogens with one attached hydrogen (secondary N) is 1. The van der Waals surface area contributed by atoms with Crippen LogP contribution < -0.4 is 5.32 Å². The van der Waals surface area contributed by atoms with Crippen LogP contribution in [0.1, 0.15) is 39.3 Å². The molecule has 1 unspecified atom stereocenters. The molecule has 7 nitrogen and oxygen atoms in total. The van der Waals surface area contributed by atoms with Crippen LogP contribution in [0.3, 0.4) is 0 Å². The summed E-state index contributed by atoms with van der Waals surface area (Å²) < 4.78 is 13.4. The molecule has 1 atom stereocenters. The number of aromatic nitrogens is 2. The van der Waals surface area contributed by atoms with Gasteiger partial charge in [-0.1, -0.05) is 0 Å². The molecule has 4 rings (SSSR count). The van der Waals surface area contributed by atoms with Gasteiger partial charge >= 0.3 is 0 Å². The summed E-state index contributed by atoms with van der Waals surface area (Å²) in [6.07, 6.45) is 3.54. The van der Waals surface area contributed by atoms with Crippen molar-refractivity contribution in [3.8, 4) is 5.69 Å². The van der Waals surface area contributed by atoms with Crippen LogP contribution in [0.4, 0.5) is 0 Å². The molecule has 3 aromatic rings. The molecule has 0 aromatic carbocycles. The van der Waals surface area contributed by atoms with E-state index in [2.05, 4.69) is 19.8 Å². The summed E-state index contributed by atoms with van der Waals surface area (Å²) in [4.78, 5) is 19.6. The number of hydrogen-bond acceptors (Lipinski definition) is 5. The third kappa shape index (κ3) is 4.17. The zero-order valence-corrected chi connectivity index (χ0v) is 17.7. The van der Waals surface area contributed by atoms with E-state index in [1.54, 1.807) is 12.4 Å². The van der Waals surface area contributed by atoms with Crippen LogP contribution >= 0.6 is 0 Å². The van der Waals surface area contributed by atoms with Crippen molar-refractivity contribution in [3.05, 3.63) is 71.2 Å². The van der Waals surface area contributed by atoms with Gasteiger partial charge in [-0.05, 0) is 51.1 Å². The molecule has 0 bridgehead atoms. The molecule has 1 amide bonds. The van der Waals surface area contributed by atoms with Gasteiger partial charge < -0.3 is 19.0 Å². The third-order valence-corrected chi connectivity index (χ3v) is 5.61. The van der Waals surface area contributed by atoms with E-state index < -0.39 is 0 Å². The molecular formula is C23H28N4O3. The number of nitrogens with zero attached hydrogens (tertiary/aromatic N) is 3. The fourth-order valence-electron chi connectivity index (χ4n) is 4.09. The van der Waals surface area contributed by atoms with Gasteiger partial charge in [0.05, 0.1) is 36.7 Å². The molecule has 158 valence electrons. The second-order valence-electron chi connectivity index (χ2n) is 7.65. The first kappa shape index (κ1) is 20.4. The minimum Gasteiger partial charge on any atom is -0.465 e. The molecule has 1 N–H and O–H groups in total. The average molecular weight is 409 g/mol. The van der Waals surface area contributed by atoms with E-state index in [9.17, 15) is 4.79 Å². The van der Waals surface area contributed by atoms with Crippen molar-refractivity contribution in [3.63, 3.8) is 0 Å². The molecule has 1 fully saturated rings. The summed E-state index contributed by atoms with van der Waals surface area (Å²) in [6.45, 7) is 9.38. The fraction of sp³-hybridized carbons (Fsp3) is 0.391. The van der Waals surface area contributed by atoms with Crippen LogP contribution in [0.15, 0.2) is 47.1 Å². The first-order valence-corrected chi connectivity index (χ1v) is 10.3. The molecular weight excluding hydrogens is 380 g/mol. The topological polar surface area (TPSA) is 72.5 Å². The first-order chi connectivity index (χ1) is 14.5. The van der Waals surface area contributed by atoms with Gasteiger partial charge in [-0.2, -0.15) is 0 Å². The number of carbonyl (C=O) groups is 1. The van der Waals surface area contributed by atoms with E-state index in [4.69, 9.17) is 9.15 Å². The lowest BCUT2D eigenvalue weighted by atomic mass is 10.1. The zero-order chi connectivity index (χ0) is 21.1. The van der Waals surface area contributed by atoms with Gasteiger partial charge in [-0.3, -0.25) is 14.7 Å². The van der Waals surface area contributed by atoms with E-state index in [0.29, 0.717) is 25.3 Å². The number of rotatable bonds is 6. The van der Waals surface area contributed by atoms with Crippen LogP contribution in [0.2, 0.25) is 0 Å². The van der Waals surface area contributed by atoms with Crippen LogP contribution in [0.25, 0.3) is 5.69 Å². The number of morpholine rings is 1. The molecule has 1 saturated heterocycles. The number of aryl methyl sites for hydroxylation is 2. The van der Waals surface area contributed by atoms with Crippen molar-refractivity contribution >= 4 is 5.91 Å². The Morgan fingerprint density at radius 3 is 2.67 bits per heavy atom. The lowest BCUT2D eigenvalue weighted by Crippen LogP contribution is -2.43. The SMILES string of the molecule is Cc1ccc(C(CNC(=O)c2cc(C)n(-c3cccnc3)c2C)N2CCOCC2)o1. The van der Waals surface area contributed by atoms with Crippen LogP contribution in [-0.4, -0.2) is 53.2 Å². The second-order valence-corrected chi connectivity index (χ2v) is 7.65. The summed E-state index contributed by atoms with van der Waals surface area (Å²) in [5.74, 6) is 1.66. The summed E-state index contributed by atoms with van der Waals surface area (Å²) in [6, 6.07) is 9.75. The molecule has 0 aliphatic carbocycles. The van der Waals surface area contributed by atoms with E-state index in [1.807, 2.05) is 51.1 Å². The van der Waals surface area contributed by atoms with Gasteiger partial charge in [0.15, 0.2) is 0 Å². The van der Waals surface area contributed by atoms with Crippen molar-refractivity contribution in [2.75, 3.05) is 32.8 Å². The van der Waals surface area contributed by atoms with Gasteiger partial charge in [-0.25, -0.2) is 0 Å². The normalized spacial score (nSPS) is 15.8. The minimum absolute atomic E-state index is 0.0200. The molecule has 0 spiro atoms. The van der Waals surface area contributed by atoms with Gasteiger partial charge in [-0.15, -0.1) is 0 Å². The number of ether oxygens (including phenoxy) is 1. The Bertz CT molecular complexity index is 1000. The smallest absolute Gasteiger partial charge is 0.253 e. The second kappa shape index (κ2) is 8.85. The number of furan rings is 1. The number of hydrogen-bond donors (Lipinski definition) is 1. The monoisotopic (exact) mass is 408 g/mol. The summed E-state index contributed by atoms with van der Waals surface area (Å²) in [7, 11) is 0. The molecule has 7 heteroatoms. The predicted molar refractivity (Wildman–Crippen MR) is 114 cm³/mol. The Morgan fingerprint density at radius 1 is 1.20 bits per heavy atom. The van der Waals surface area contributed by atoms with E-state index >= 15 is 0 Å². The highest BCUT2D eigenvalue weighted by Crippen LogP contribution is 2.24. The quantitative estimate of drug-likeness (QED) is 0.678. The van der Waals surface area contributed by atoms with Gasteiger partial charge in [0.1, 0.15) is 11.5 Å². The zero-order valence-electron chi connectivity index (χ0n) is 17.7. The maximum absolute atomic E-state index is 13.1. The maximum Gasteiger partial charge on any atom is 0.253 e. The summed E-state index contributed by atoms with van der Waals surface area (Å²) >= 11 is 0. The minimum atomic E-state index is -0.0835. The molecule has 0 radical (unpaired) electrons. The van der Waals surface area contributed by atoms with Crippen LogP contribution in [0, 0.1) is 20.8 Å². The van der Waals surface area contributed by atoms with E-state index in [0.717, 1.165) is 41.7 Å². The van der Waals surface area contributed by atoms with Crippen LogP contribution in [-0.2, 0) is 4.74 Å². The molecule has 1 aliphatic rings.